The van der Waals surface area contributed by atoms with E-state index < -0.39 is 17.9 Å². The largest absolute Gasteiger partial charge is 0.496 e. The molecule has 0 spiro atoms. The zero-order valence-corrected chi connectivity index (χ0v) is 22.2. The van der Waals surface area contributed by atoms with E-state index in [1.54, 1.807) is 14.2 Å². The topological polar surface area (TPSA) is 106 Å². The maximum absolute atomic E-state index is 13.0. The molecule has 8 heteroatoms. The quantitative estimate of drug-likeness (QED) is 0.456. The summed E-state index contributed by atoms with van der Waals surface area (Å²) in [6.45, 7) is 5.01. The highest BCUT2D eigenvalue weighted by Crippen LogP contribution is 2.36. The molecule has 1 aliphatic carbocycles. The standard InChI is InChI=1S/C30H34N2O6/c1-5-38-17-20-15-25(36-3)27(26(16-20)37-4)21-12-10-19(11-13-21)14-24(30(34)35)32-29(33)28-18(2)22-8-6-7-9-23(22)31-28/h6-13,15,18,24,26H,5,14,16-17H2,1-4H3,(H,32,33)(H,34,35). The van der Waals surface area contributed by atoms with Crippen molar-refractivity contribution in [2.24, 2.45) is 4.99 Å². The van der Waals surface area contributed by atoms with E-state index in [2.05, 4.69) is 10.3 Å². The summed E-state index contributed by atoms with van der Waals surface area (Å²) < 4.78 is 17.0. The highest BCUT2D eigenvalue weighted by Gasteiger charge is 2.31. The molecule has 0 saturated heterocycles. The van der Waals surface area contributed by atoms with E-state index in [1.807, 2.05) is 68.5 Å². The van der Waals surface area contributed by atoms with Crippen molar-refractivity contribution < 1.29 is 28.9 Å². The van der Waals surface area contributed by atoms with Crippen molar-refractivity contribution in [2.75, 3.05) is 27.4 Å². The van der Waals surface area contributed by atoms with Gasteiger partial charge in [0.15, 0.2) is 0 Å². The first-order valence-corrected chi connectivity index (χ1v) is 12.7. The van der Waals surface area contributed by atoms with E-state index in [9.17, 15) is 14.7 Å². The highest BCUT2D eigenvalue weighted by atomic mass is 16.5. The number of carbonyl (C=O) groups is 2. The van der Waals surface area contributed by atoms with Gasteiger partial charge in [0.25, 0.3) is 5.91 Å². The van der Waals surface area contributed by atoms with Crippen LogP contribution in [0.5, 0.6) is 0 Å². The maximum Gasteiger partial charge on any atom is 0.326 e. The van der Waals surface area contributed by atoms with Gasteiger partial charge in [0, 0.05) is 38.0 Å². The maximum atomic E-state index is 13.0. The van der Waals surface area contributed by atoms with Crippen molar-refractivity contribution in [2.45, 2.75) is 44.8 Å². The van der Waals surface area contributed by atoms with Crippen LogP contribution in [0.4, 0.5) is 5.69 Å². The summed E-state index contributed by atoms with van der Waals surface area (Å²) >= 11 is 0. The van der Waals surface area contributed by atoms with Gasteiger partial charge in [-0.05, 0) is 41.3 Å². The van der Waals surface area contributed by atoms with Crippen LogP contribution in [-0.4, -0.2) is 62.3 Å². The molecular formula is C30H34N2O6. The van der Waals surface area contributed by atoms with Gasteiger partial charge >= 0.3 is 5.97 Å². The summed E-state index contributed by atoms with van der Waals surface area (Å²) in [5.74, 6) is -1.05. The average Bonchev–Trinajstić information content (AvgIpc) is 3.27. The SMILES string of the molecule is CCOCC1=CC(OC)=C(c2ccc(CC(NC(=O)C3=Nc4ccccc4C3C)C(=O)O)cc2)C(OC)C1. The number of carboxylic acids is 1. The lowest BCUT2D eigenvalue weighted by Crippen LogP contribution is -2.45. The van der Waals surface area contributed by atoms with Crippen LogP contribution in [0.1, 0.15) is 42.9 Å². The fourth-order valence-electron chi connectivity index (χ4n) is 4.92. The molecule has 0 radical (unpaired) electrons. The second kappa shape index (κ2) is 12.2. The number of aliphatic imine (C=N–C) groups is 1. The lowest BCUT2D eigenvalue weighted by molar-refractivity contribution is -0.141. The molecule has 200 valence electrons. The third-order valence-electron chi connectivity index (χ3n) is 6.96. The van der Waals surface area contributed by atoms with Crippen LogP contribution in [0.15, 0.2) is 70.9 Å². The molecule has 3 atom stereocenters. The van der Waals surface area contributed by atoms with Crippen molar-refractivity contribution in [1.82, 2.24) is 5.32 Å². The van der Waals surface area contributed by atoms with Crippen LogP contribution >= 0.6 is 0 Å². The first kappa shape index (κ1) is 27.3. The van der Waals surface area contributed by atoms with Crippen LogP contribution in [0.25, 0.3) is 5.57 Å². The molecule has 2 aliphatic rings. The number of para-hydroxylation sites is 1. The number of methoxy groups -OCH3 is 2. The molecule has 0 saturated carbocycles. The highest BCUT2D eigenvalue weighted by molar-refractivity contribution is 6.42. The van der Waals surface area contributed by atoms with Gasteiger partial charge in [-0.2, -0.15) is 0 Å². The van der Waals surface area contributed by atoms with Crippen LogP contribution in [0.3, 0.4) is 0 Å². The Labute approximate surface area is 223 Å². The summed E-state index contributed by atoms with van der Waals surface area (Å²) in [5, 5.41) is 12.5. The zero-order chi connectivity index (χ0) is 27.2. The molecule has 1 amide bonds. The zero-order valence-electron chi connectivity index (χ0n) is 22.2. The fourth-order valence-corrected chi connectivity index (χ4v) is 4.92. The minimum Gasteiger partial charge on any atom is -0.496 e. The minimum atomic E-state index is -1.10. The van der Waals surface area contributed by atoms with Gasteiger partial charge in [-0.3, -0.25) is 4.79 Å². The number of hydrogen-bond acceptors (Lipinski definition) is 6. The molecule has 2 aromatic rings. The summed E-state index contributed by atoms with van der Waals surface area (Å²) in [4.78, 5) is 29.4. The average molecular weight is 519 g/mol. The van der Waals surface area contributed by atoms with Gasteiger partial charge < -0.3 is 24.6 Å². The smallest absolute Gasteiger partial charge is 0.326 e. The van der Waals surface area contributed by atoms with Gasteiger partial charge in [0.05, 0.1) is 25.5 Å². The monoisotopic (exact) mass is 518 g/mol. The number of carbonyl (C=O) groups excluding carboxylic acids is 1. The van der Waals surface area contributed by atoms with E-state index in [1.165, 1.54) is 0 Å². The van der Waals surface area contributed by atoms with Gasteiger partial charge in [-0.25, -0.2) is 9.79 Å². The van der Waals surface area contributed by atoms with Crippen molar-refractivity contribution in [3.05, 3.63) is 82.6 Å². The number of nitrogens with one attached hydrogen (secondary N) is 1. The number of rotatable bonds is 11. The predicted octanol–water partition coefficient (Wildman–Crippen LogP) is 4.43. The molecule has 0 fully saturated rings. The molecule has 0 bridgehead atoms. The number of ether oxygens (including phenoxy) is 3. The Morgan fingerprint density at radius 3 is 2.50 bits per heavy atom. The van der Waals surface area contributed by atoms with E-state index in [4.69, 9.17) is 14.2 Å². The molecule has 1 aliphatic heterocycles. The Balaban J connectivity index is 1.49. The lowest BCUT2D eigenvalue weighted by Gasteiger charge is -2.27. The van der Waals surface area contributed by atoms with Crippen LogP contribution in [0, 0.1) is 0 Å². The van der Waals surface area contributed by atoms with Gasteiger partial charge in [-0.1, -0.05) is 49.4 Å². The Bertz CT molecular complexity index is 1280. The van der Waals surface area contributed by atoms with Crippen molar-refractivity contribution in [3.63, 3.8) is 0 Å². The third-order valence-corrected chi connectivity index (χ3v) is 6.96. The predicted molar refractivity (Wildman–Crippen MR) is 146 cm³/mol. The first-order chi connectivity index (χ1) is 18.4. The number of carboxylic acid groups (broad SMARTS) is 1. The molecule has 1 heterocycles. The Morgan fingerprint density at radius 1 is 1.13 bits per heavy atom. The number of nitrogens with zero attached hydrogens (tertiary/aromatic N) is 1. The summed E-state index contributed by atoms with van der Waals surface area (Å²) in [6.07, 6.45) is 2.63. The molecule has 0 aromatic heterocycles. The second-order valence-electron chi connectivity index (χ2n) is 9.39. The Kier molecular flexibility index (Phi) is 8.76. The van der Waals surface area contributed by atoms with Crippen LogP contribution in [0.2, 0.25) is 0 Å². The summed E-state index contributed by atoms with van der Waals surface area (Å²) in [5.41, 5.74) is 5.76. The number of fused-ring (bicyclic) bond motifs is 1. The van der Waals surface area contributed by atoms with Crippen LogP contribution < -0.4 is 5.32 Å². The number of aliphatic carboxylic acids is 1. The molecule has 38 heavy (non-hydrogen) atoms. The number of benzene rings is 2. The number of hydrogen-bond donors (Lipinski definition) is 2. The fraction of sp³-hybridized carbons (Fsp3) is 0.367. The molecule has 4 rings (SSSR count). The van der Waals surface area contributed by atoms with Crippen molar-refractivity contribution in [1.29, 1.82) is 0 Å². The number of amides is 1. The van der Waals surface area contributed by atoms with E-state index >= 15 is 0 Å². The molecule has 8 nitrogen and oxygen atoms in total. The van der Waals surface area contributed by atoms with E-state index in [0.29, 0.717) is 31.1 Å². The second-order valence-corrected chi connectivity index (χ2v) is 9.39. The summed E-state index contributed by atoms with van der Waals surface area (Å²) in [6, 6.07) is 14.1. The van der Waals surface area contributed by atoms with Gasteiger partial charge in [0.2, 0.25) is 0 Å². The van der Waals surface area contributed by atoms with Crippen molar-refractivity contribution in [3.8, 4) is 0 Å². The summed E-state index contributed by atoms with van der Waals surface area (Å²) in [7, 11) is 3.30. The normalized spacial score (nSPS) is 19.4. The van der Waals surface area contributed by atoms with Crippen molar-refractivity contribution >= 4 is 28.8 Å². The third kappa shape index (κ3) is 5.87. The number of allylic oxidation sites excluding steroid dienone is 1. The van der Waals surface area contributed by atoms with Gasteiger partial charge in [0.1, 0.15) is 17.5 Å². The Morgan fingerprint density at radius 2 is 1.87 bits per heavy atom. The Hall–Kier alpha value is -3.75. The lowest BCUT2D eigenvalue weighted by atomic mass is 9.88. The molecule has 2 N–H and O–H groups in total. The van der Waals surface area contributed by atoms with Crippen LogP contribution in [-0.2, 0) is 30.2 Å². The minimum absolute atomic E-state index is 0.137. The van der Waals surface area contributed by atoms with E-state index in [0.717, 1.165) is 33.5 Å². The van der Waals surface area contributed by atoms with Gasteiger partial charge in [-0.15, -0.1) is 0 Å². The van der Waals surface area contributed by atoms with E-state index in [-0.39, 0.29) is 18.4 Å². The molecule has 3 unspecified atom stereocenters. The molecular weight excluding hydrogens is 484 g/mol. The molecule has 2 aromatic carbocycles. The first-order valence-electron chi connectivity index (χ1n) is 12.7.